The predicted octanol–water partition coefficient (Wildman–Crippen LogP) is 1.82. The molecule has 2 aromatic rings. The van der Waals surface area contributed by atoms with Crippen LogP contribution in [0, 0.1) is 0 Å². The van der Waals surface area contributed by atoms with E-state index in [1.165, 1.54) is 7.11 Å². The number of ether oxygens (including phenoxy) is 1. The molecule has 0 atom stereocenters. The summed E-state index contributed by atoms with van der Waals surface area (Å²) >= 11 is 0. The van der Waals surface area contributed by atoms with Gasteiger partial charge in [-0.25, -0.2) is 4.98 Å². The minimum Gasteiger partial charge on any atom is -0.468 e. The van der Waals surface area contributed by atoms with Crippen LogP contribution in [0.2, 0.25) is 0 Å². The molecule has 0 bridgehead atoms. The second-order valence-corrected chi connectivity index (χ2v) is 4.04. The number of hydrogen-bond acceptors (Lipinski definition) is 4. The van der Waals surface area contributed by atoms with Gasteiger partial charge in [-0.2, -0.15) is 0 Å². The summed E-state index contributed by atoms with van der Waals surface area (Å²) in [5, 5.41) is 2.77. The molecule has 2 rings (SSSR count). The van der Waals surface area contributed by atoms with Crippen LogP contribution >= 0.6 is 0 Å². The summed E-state index contributed by atoms with van der Waals surface area (Å²) < 4.78 is 12.1. The number of nitrogens with zero attached hydrogens (tertiary/aromatic N) is 2. The third kappa shape index (κ3) is 3.15. The largest absolute Gasteiger partial charge is 0.468 e. The highest BCUT2D eigenvalue weighted by molar-refractivity contribution is 5.91. The summed E-state index contributed by atoms with van der Waals surface area (Å²) in [4.78, 5) is 16.1. The lowest BCUT2D eigenvalue weighted by molar-refractivity contribution is 0.0915. The molecule has 19 heavy (non-hydrogen) atoms. The van der Waals surface area contributed by atoms with E-state index in [0.29, 0.717) is 12.5 Å². The molecule has 0 spiro atoms. The van der Waals surface area contributed by atoms with Gasteiger partial charge in [-0.05, 0) is 12.5 Å². The van der Waals surface area contributed by atoms with E-state index >= 15 is 0 Å². The second kappa shape index (κ2) is 6.08. The number of amides is 1. The van der Waals surface area contributed by atoms with Crippen LogP contribution in [0.5, 0.6) is 5.95 Å². The Morgan fingerprint density at radius 1 is 1.53 bits per heavy atom. The summed E-state index contributed by atoms with van der Waals surface area (Å²) in [7, 11) is 1.49. The number of aryl methyl sites for hydroxylation is 1. The van der Waals surface area contributed by atoms with Crippen molar-refractivity contribution in [3.8, 4) is 5.95 Å². The molecule has 0 aliphatic carbocycles. The fourth-order valence-electron chi connectivity index (χ4n) is 1.75. The molecule has 0 unspecified atom stereocenters. The maximum absolute atomic E-state index is 11.8. The topological polar surface area (TPSA) is 69.3 Å². The van der Waals surface area contributed by atoms with E-state index in [2.05, 4.69) is 17.2 Å². The van der Waals surface area contributed by atoms with Gasteiger partial charge in [-0.15, -0.1) is 0 Å². The van der Waals surface area contributed by atoms with Crippen LogP contribution in [0.4, 0.5) is 0 Å². The Labute approximate surface area is 111 Å². The molecule has 0 aromatic carbocycles. The van der Waals surface area contributed by atoms with Crippen molar-refractivity contribution in [1.29, 1.82) is 0 Å². The van der Waals surface area contributed by atoms with E-state index < -0.39 is 0 Å². The highest BCUT2D eigenvalue weighted by Crippen LogP contribution is 2.14. The van der Waals surface area contributed by atoms with Crippen molar-refractivity contribution in [3.63, 3.8) is 0 Å². The zero-order chi connectivity index (χ0) is 13.7. The SMILES string of the molecule is CCCn1ccnc1CNC(=O)c1ccc(OC)o1. The molecule has 102 valence electrons. The molecule has 0 saturated heterocycles. The summed E-state index contributed by atoms with van der Waals surface area (Å²) in [5.74, 6) is 1.09. The number of carbonyl (C=O) groups excluding carboxylic acids is 1. The Hall–Kier alpha value is -2.24. The van der Waals surface area contributed by atoms with Gasteiger partial charge in [-0.3, -0.25) is 4.79 Å². The summed E-state index contributed by atoms with van der Waals surface area (Å²) in [6.45, 7) is 3.35. The lowest BCUT2D eigenvalue weighted by Gasteiger charge is -2.06. The van der Waals surface area contributed by atoms with Crippen LogP contribution in [-0.4, -0.2) is 22.6 Å². The lowest BCUT2D eigenvalue weighted by atomic mass is 10.4. The maximum atomic E-state index is 11.8. The first kappa shape index (κ1) is 13.2. The number of nitrogens with one attached hydrogen (secondary N) is 1. The van der Waals surface area contributed by atoms with Gasteiger partial charge in [0.1, 0.15) is 5.82 Å². The van der Waals surface area contributed by atoms with Crippen LogP contribution < -0.4 is 10.1 Å². The Kier molecular flexibility index (Phi) is 4.22. The molecule has 1 amide bonds. The van der Waals surface area contributed by atoms with Crippen molar-refractivity contribution in [2.75, 3.05) is 7.11 Å². The van der Waals surface area contributed by atoms with Crippen LogP contribution in [0.3, 0.4) is 0 Å². The van der Waals surface area contributed by atoms with Crippen molar-refractivity contribution < 1.29 is 13.9 Å². The first-order valence-electron chi connectivity index (χ1n) is 6.16. The Bertz CT molecular complexity index is 545. The normalized spacial score (nSPS) is 10.4. The molecular weight excluding hydrogens is 246 g/mol. The van der Waals surface area contributed by atoms with Gasteiger partial charge < -0.3 is 19.0 Å². The summed E-state index contributed by atoms with van der Waals surface area (Å²) in [6, 6.07) is 3.18. The number of rotatable bonds is 6. The number of aromatic nitrogens is 2. The van der Waals surface area contributed by atoms with E-state index in [9.17, 15) is 4.79 Å². The van der Waals surface area contributed by atoms with E-state index in [1.54, 1.807) is 18.3 Å². The Balaban J connectivity index is 1.94. The van der Waals surface area contributed by atoms with Gasteiger partial charge in [0, 0.05) is 25.0 Å². The van der Waals surface area contributed by atoms with Gasteiger partial charge >= 0.3 is 0 Å². The van der Waals surface area contributed by atoms with E-state index in [0.717, 1.165) is 18.8 Å². The summed E-state index contributed by atoms with van der Waals surface area (Å²) in [6.07, 6.45) is 4.65. The average molecular weight is 263 g/mol. The van der Waals surface area contributed by atoms with Crippen molar-refractivity contribution in [1.82, 2.24) is 14.9 Å². The van der Waals surface area contributed by atoms with Crippen molar-refractivity contribution in [3.05, 3.63) is 36.1 Å². The molecule has 2 heterocycles. The van der Waals surface area contributed by atoms with E-state index in [1.807, 2.05) is 10.8 Å². The van der Waals surface area contributed by atoms with Crippen molar-refractivity contribution in [2.45, 2.75) is 26.4 Å². The molecule has 0 saturated carbocycles. The fraction of sp³-hybridized carbons (Fsp3) is 0.385. The number of imidazole rings is 1. The predicted molar refractivity (Wildman–Crippen MR) is 68.9 cm³/mol. The standard InChI is InChI=1S/C13H17N3O3/c1-3-7-16-8-6-14-11(16)9-15-13(17)10-4-5-12(18-2)19-10/h4-6,8H,3,7,9H2,1-2H3,(H,15,17). The van der Waals surface area contributed by atoms with Crippen molar-refractivity contribution in [2.24, 2.45) is 0 Å². The highest BCUT2D eigenvalue weighted by atomic mass is 16.6. The third-order valence-electron chi connectivity index (χ3n) is 2.68. The van der Waals surface area contributed by atoms with Gasteiger partial charge in [0.2, 0.25) is 0 Å². The molecule has 1 N–H and O–H groups in total. The Morgan fingerprint density at radius 2 is 2.37 bits per heavy atom. The smallest absolute Gasteiger partial charge is 0.287 e. The minimum atomic E-state index is -0.283. The average Bonchev–Trinajstić information content (AvgIpc) is 3.05. The van der Waals surface area contributed by atoms with E-state index in [4.69, 9.17) is 9.15 Å². The van der Waals surface area contributed by atoms with Crippen LogP contribution in [-0.2, 0) is 13.1 Å². The number of furan rings is 1. The molecule has 0 fully saturated rings. The molecule has 0 radical (unpaired) electrons. The zero-order valence-electron chi connectivity index (χ0n) is 11.0. The van der Waals surface area contributed by atoms with Crippen LogP contribution in [0.1, 0.15) is 29.7 Å². The molecule has 6 heteroatoms. The number of carbonyl (C=O) groups is 1. The zero-order valence-corrected chi connectivity index (χ0v) is 11.0. The second-order valence-electron chi connectivity index (χ2n) is 4.04. The molecular formula is C13H17N3O3. The molecule has 0 aliphatic rings. The van der Waals surface area contributed by atoms with Gasteiger partial charge in [-0.1, -0.05) is 6.92 Å². The third-order valence-corrected chi connectivity index (χ3v) is 2.68. The summed E-state index contributed by atoms with van der Waals surface area (Å²) in [5.41, 5.74) is 0. The number of methoxy groups -OCH3 is 1. The monoisotopic (exact) mass is 263 g/mol. The van der Waals surface area contributed by atoms with Crippen LogP contribution in [0.15, 0.2) is 28.9 Å². The van der Waals surface area contributed by atoms with Crippen molar-refractivity contribution >= 4 is 5.91 Å². The van der Waals surface area contributed by atoms with Gasteiger partial charge in [0.25, 0.3) is 11.9 Å². The quantitative estimate of drug-likeness (QED) is 0.863. The van der Waals surface area contributed by atoms with Gasteiger partial charge in [0.05, 0.1) is 13.7 Å². The first-order chi connectivity index (χ1) is 9.24. The molecule has 2 aromatic heterocycles. The first-order valence-corrected chi connectivity index (χ1v) is 6.16. The van der Waals surface area contributed by atoms with Crippen LogP contribution in [0.25, 0.3) is 0 Å². The molecule has 0 aliphatic heterocycles. The van der Waals surface area contributed by atoms with E-state index in [-0.39, 0.29) is 11.7 Å². The fourth-order valence-corrected chi connectivity index (χ4v) is 1.75. The Morgan fingerprint density at radius 3 is 3.05 bits per heavy atom. The maximum Gasteiger partial charge on any atom is 0.287 e. The molecule has 6 nitrogen and oxygen atoms in total. The lowest BCUT2D eigenvalue weighted by Crippen LogP contribution is -2.24. The van der Waals surface area contributed by atoms with Gasteiger partial charge in [0.15, 0.2) is 5.76 Å². The highest BCUT2D eigenvalue weighted by Gasteiger charge is 2.12. The minimum absolute atomic E-state index is 0.227. The number of hydrogen-bond donors (Lipinski definition) is 1.